The molecule has 1 rings (SSSR count). The molecule has 0 aromatic carbocycles. The first-order chi connectivity index (χ1) is 6.65. The number of amides is 1. The molecule has 76 valence electrons. The van der Waals surface area contributed by atoms with Crippen LogP contribution in [0, 0.1) is 0 Å². The number of carbonyl (C=O) groups excluding carboxylic acids is 1. The Bertz CT molecular complexity index is 387. The van der Waals surface area contributed by atoms with Crippen LogP contribution in [-0.2, 0) is 7.05 Å². The molecule has 0 saturated heterocycles. The quantitative estimate of drug-likeness (QED) is 0.655. The van der Waals surface area contributed by atoms with Crippen molar-refractivity contribution in [2.45, 2.75) is 0 Å². The first-order valence-corrected chi connectivity index (χ1v) is 5.68. The number of halogens is 1. The van der Waals surface area contributed by atoms with Gasteiger partial charge in [0.1, 0.15) is 0 Å². The number of aryl methyl sites for hydroxylation is 1. The van der Waals surface area contributed by atoms with Gasteiger partial charge in [-0.1, -0.05) is 22.6 Å². The highest BCUT2D eigenvalue weighted by molar-refractivity contribution is 14.1. The lowest BCUT2D eigenvalue weighted by atomic mass is 10.2. The summed E-state index contributed by atoms with van der Waals surface area (Å²) in [4.78, 5) is 22.6. The van der Waals surface area contributed by atoms with E-state index in [1.54, 1.807) is 19.3 Å². The fourth-order valence-corrected chi connectivity index (χ4v) is 1.22. The van der Waals surface area contributed by atoms with Crippen molar-refractivity contribution in [3.63, 3.8) is 0 Å². The first-order valence-electron chi connectivity index (χ1n) is 4.16. The minimum absolute atomic E-state index is 0.174. The summed E-state index contributed by atoms with van der Waals surface area (Å²) in [5.74, 6) is -0.195. The van der Waals surface area contributed by atoms with Crippen molar-refractivity contribution in [3.8, 4) is 0 Å². The molecule has 0 atom stereocenters. The van der Waals surface area contributed by atoms with Crippen molar-refractivity contribution in [1.29, 1.82) is 0 Å². The lowest BCUT2D eigenvalue weighted by molar-refractivity contribution is 0.0956. The molecule has 5 heteroatoms. The largest absolute Gasteiger partial charge is 0.351 e. The molecule has 1 amide bonds. The summed E-state index contributed by atoms with van der Waals surface area (Å²) in [5, 5.41) is 2.70. The highest BCUT2D eigenvalue weighted by atomic mass is 127. The maximum absolute atomic E-state index is 11.4. The van der Waals surface area contributed by atoms with Crippen LogP contribution in [0.4, 0.5) is 0 Å². The fraction of sp³-hybridized carbons (Fsp3) is 0.333. The normalized spacial score (nSPS) is 9.86. The fourth-order valence-electron chi connectivity index (χ4n) is 0.953. The second kappa shape index (κ2) is 5.14. The van der Waals surface area contributed by atoms with Crippen LogP contribution in [0.1, 0.15) is 10.4 Å². The van der Waals surface area contributed by atoms with Gasteiger partial charge in [-0.2, -0.15) is 0 Å². The maximum atomic E-state index is 11.4. The van der Waals surface area contributed by atoms with E-state index in [9.17, 15) is 9.59 Å². The van der Waals surface area contributed by atoms with Gasteiger partial charge in [0.05, 0.1) is 0 Å². The van der Waals surface area contributed by atoms with E-state index in [0.717, 1.165) is 4.43 Å². The third kappa shape index (κ3) is 2.83. The number of carbonyl (C=O) groups is 1. The van der Waals surface area contributed by atoms with Gasteiger partial charge in [-0.25, -0.2) is 0 Å². The van der Waals surface area contributed by atoms with Gasteiger partial charge in [-0.05, 0) is 6.07 Å². The highest BCUT2D eigenvalue weighted by Gasteiger charge is 2.04. The maximum Gasteiger partial charge on any atom is 0.251 e. The van der Waals surface area contributed by atoms with Gasteiger partial charge in [0, 0.05) is 35.8 Å². The third-order valence-corrected chi connectivity index (χ3v) is 2.29. The first kappa shape index (κ1) is 11.2. The summed E-state index contributed by atoms with van der Waals surface area (Å²) in [7, 11) is 1.65. The zero-order valence-corrected chi connectivity index (χ0v) is 9.95. The molecule has 0 bridgehead atoms. The molecule has 1 N–H and O–H groups in total. The second-order valence-corrected chi connectivity index (χ2v) is 3.89. The Morgan fingerprint density at radius 3 is 2.93 bits per heavy atom. The van der Waals surface area contributed by atoms with Crippen molar-refractivity contribution in [3.05, 3.63) is 34.2 Å². The molecule has 1 aromatic heterocycles. The lowest BCUT2D eigenvalue weighted by Gasteiger charge is -2.03. The summed E-state index contributed by atoms with van der Waals surface area (Å²) < 4.78 is 2.28. The molecule has 0 radical (unpaired) electrons. The topological polar surface area (TPSA) is 51.1 Å². The van der Waals surface area contributed by atoms with Gasteiger partial charge in [-0.15, -0.1) is 0 Å². The van der Waals surface area contributed by atoms with Crippen LogP contribution in [-0.4, -0.2) is 21.4 Å². The van der Waals surface area contributed by atoms with Gasteiger partial charge in [0.25, 0.3) is 11.5 Å². The molecule has 0 unspecified atom stereocenters. The van der Waals surface area contributed by atoms with Crippen molar-refractivity contribution in [2.75, 3.05) is 11.0 Å². The molecule has 4 nitrogen and oxygen atoms in total. The SMILES string of the molecule is Cn1ccc(C(=O)NCCI)cc1=O. The highest BCUT2D eigenvalue weighted by Crippen LogP contribution is 1.93. The monoisotopic (exact) mass is 306 g/mol. The van der Waals surface area contributed by atoms with E-state index in [0.29, 0.717) is 12.1 Å². The molecule has 0 aliphatic heterocycles. The number of nitrogens with zero attached hydrogens (tertiary/aromatic N) is 1. The van der Waals surface area contributed by atoms with Crippen LogP contribution in [0.2, 0.25) is 0 Å². The Kier molecular flexibility index (Phi) is 4.12. The Hall–Kier alpha value is -0.850. The lowest BCUT2D eigenvalue weighted by Crippen LogP contribution is -2.27. The van der Waals surface area contributed by atoms with E-state index in [1.165, 1.54) is 10.6 Å². The predicted octanol–water partition coefficient (Wildman–Crippen LogP) is 0.550. The number of hydrogen-bond donors (Lipinski definition) is 1. The van der Waals surface area contributed by atoms with Crippen molar-refractivity contribution >= 4 is 28.5 Å². The second-order valence-electron chi connectivity index (χ2n) is 2.81. The standard InChI is InChI=1S/C9H11IN2O2/c1-12-5-2-7(6-8(12)13)9(14)11-4-3-10/h2,5-6H,3-4H2,1H3,(H,11,14). The molecule has 0 aliphatic rings. The zero-order chi connectivity index (χ0) is 10.6. The van der Waals surface area contributed by atoms with E-state index >= 15 is 0 Å². The molecule has 0 saturated carbocycles. The number of hydrogen-bond acceptors (Lipinski definition) is 2. The average molecular weight is 306 g/mol. The zero-order valence-electron chi connectivity index (χ0n) is 7.79. The number of nitrogens with one attached hydrogen (secondary N) is 1. The van der Waals surface area contributed by atoms with Crippen LogP contribution >= 0.6 is 22.6 Å². The van der Waals surface area contributed by atoms with E-state index in [2.05, 4.69) is 27.9 Å². The smallest absolute Gasteiger partial charge is 0.251 e. The number of pyridine rings is 1. The Morgan fingerprint density at radius 1 is 1.64 bits per heavy atom. The van der Waals surface area contributed by atoms with Crippen molar-refractivity contribution < 1.29 is 4.79 Å². The summed E-state index contributed by atoms with van der Waals surface area (Å²) in [5.41, 5.74) is 0.241. The molecular weight excluding hydrogens is 295 g/mol. The van der Waals surface area contributed by atoms with Crippen LogP contribution in [0.25, 0.3) is 0 Å². The van der Waals surface area contributed by atoms with E-state index < -0.39 is 0 Å². The van der Waals surface area contributed by atoms with Crippen LogP contribution in [0.5, 0.6) is 0 Å². The summed E-state index contributed by atoms with van der Waals surface area (Å²) >= 11 is 2.17. The molecule has 1 heterocycles. The van der Waals surface area contributed by atoms with Crippen molar-refractivity contribution in [1.82, 2.24) is 9.88 Å². The van der Waals surface area contributed by atoms with Gasteiger partial charge < -0.3 is 9.88 Å². The van der Waals surface area contributed by atoms with Crippen LogP contribution in [0.3, 0.4) is 0 Å². The Morgan fingerprint density at radius 2 is 2.36 bits per heavy atom. The van der Waals surface area contributed by atoms with E-state index in [-0.39, 0.29) is 11.5 Å². The number of alkyl halides is 1. The Labute approximate surface area is 95.5 Å². The van der Waals surface area contributed by atoms with Gasteiger partial charge in [0.15, 0.2) is 0 Å². The third-order valence-electron chi connectivity index (χ3n) is 1.75. The minimum atomic E-state index is -0.195. The van der Waals surface area contributed by atoms with Gasteiger partial charge >= 0.3 is 0 Å². The predicted molar refractivity (Wildman–Crippen MR) is 62.9 cm³/mol. The van der Waals surface area contributed by atoms with Crippen molar-refractivity contribution in [2.24, 2.45) is 7.05 Å². The molecule has 0 aliphatic carbocycles. The number of rotatable bonds is 3. The van der Waals surface area contributed by atoms with E-state index in [4.69, 9.17) is 0 Å². The minimum Gasteiger partial charge on any atom is -0.351 e. The molecule has 14 heavy (non-hydrogen) atoms. The molecule has 0 spiro atoms. The molecular formula is C9H11IN2O2. The van der Waals surface area contributed by atoms with Crippen LogP contribution in [0.15, 0.2) is 23.1 Å². The summed E-state index contributed by atoms with van der Waals surface area (Å²) in [6.45, 7) is 0.620. The van der Waals surface area contributed by atoms with Gasteiger partial charge in [-0.3, -0.25) is 9.59 Å². The number of aromatic nitrogens is 1. The summed E-state index contributed by atoms with van der Waals surface area (Å²) in [6.07, 6.45) is 1.58. The van der Waals surface area contributed by atoms with Crippen LogP contribution < -0.4 is 10.9 Å². The average Bonchev–Trinajstić information content (AvgIpc) is 2.18. The molecule has 0 fully saturated rings. The van der Waals surface area contributed by atoms with Gasteiger partial charge in [0.2, 0.25) is 0 Å². The molecule has 1 aromatic rings. The Balaban J connectivity index is 2.81. The van der Waals surface area contributed by atoms with E-state index in [1.807, 2.05) is 0 Å². The summed E-state index contributed by atoms with van der Waals surface area (Å²) in [6, 6.07) is 2.96.